The number of rotatable bonds is 4. The monoisotopic (exact) mass is 355 g/mol. The molecule has 138 valence electrons. The van der Waals surface area contributed by atoms with E-state index in [0.29, 0.717) is 24.1 Å². The fourth-order valence-electron chi connectivity index (χ4n) is 3.61. The number of allylic oxidation sites excluding steroid dienone is 2. The number of anilines is 1. The first-order chi connectivity index (χ1) is 12.6. The van der Waals surface area contributed by atoms with Crippen LogP contribution in [-0.2, 0) is 9.59 Å². The number of piperidine rings is 1. The lowest BCUT2D eigenvalue weighted by molar-refractivity contribution is -0.313. The number of carboxylic acid groups (broad SMARTS) is 1. The molecule has 2 aliphatic rings. The molecular formula is C20H23N2O4-. The largest absolute Gasteiger partial charge is 0.550 e. The average molecular weight is 355 g/mol. The van der Waals surface area contributed by atoms with Crippen molar-refractivity contribution in [1.82, 2.24) is 4.90 Å². The van der Waals surface area contributed by atoms with Gasteiger partial charge in [-0.3, -0.25) is 9.59 Å². The Kier molecular flexibility index (Phi) is 5.71. The predicted octanol–water partition coefficient (Wildman–Crippen LogP) is 1.58. The molecule has 0 radical (unpaired) electrons. The van der Waals surface area contributed by atoms with E-state index in [2.05, 4.69) is 5.32 Å². The number of aliphatic carboxylic acids is 1. The number of carbonyl (C=O) groups excluding carboxylic acids is 3. The number of likely N-dealkylation sites (tertiary alicyclic amines) is 1. The summed E-state index contributed by atoms with van der Waals surface area (Å²) < 4.78 is 0. The lowest BCUT2D eigenvalue weighted by atomic mass is 9.82. The molecule has 2 atom stereocenters. The summed E-state index contributed by atoms with van der Waals surface area (Å²) in [6.45, 7) is 1.52. The van der Waals surface area contributed by atoms with E-state index >= 15 is 0 Å². The molecule has 1 heterocycles. The topological polar surface area (TPSA) is 89.5 Å². The van der Waals surface area contributed by atoms with Crippen LogP contribution in [0, 0.1) is 11.8 Å². The van der Waals surface area contributed by atoms with E-state index in [9.17, 15) is 19.5 Å². The highest BCUT2D eigenvalue weighted by atomic mass is 16.4. The summed E-state index contributed by atoms with van der Waals surface area (Å²) in [6.07, 6.45) is 7.44. The van der Waals surface area contributed by atoms with Gasteiger partial charge in [0.2, 0.25) is 5.91 Å². The third-order valence-corrected chi connectivity index (χ3v) is 5.09. The Bertz CT molecular complexity index is 722. The van der Waals surface area contributed by atoms with Crippen molar-refractivity contribution in [2.75, 3.05) is 18.4 Å². The molecule has 0 bridgehead atoms. The molecule has 0 aromatic heterocycles. The average Bonchev–Trinajstić information content (AvgIpc) is 2.68. The summed E-state index contributed by atoms with van der Waals surface area (Å²) >= 11 is 0. The zero-order chi connectivity index (χ0) is 18.5. The molecular weight excluding hydrogens is 332 g/mol. The Labute approximate surface area is 152 Å². The van der Waals surface area contributed by atoms with Crippen molar-refractivity contribution in [1.29, 1.82) is 0 Å². The Balaban J connectivity index is 1.70. The number of hydrogen-bond acceptors (Lipinski definition) is 4. The summed E-state index contributed by atoms with van der Waals surface area (Å²) in [7, 11) is 0. The van der Waals surface area contributed by atoms with Crippen LogP contribution in [0.4, 0.5) is 5.69 Å². The Morgan fingerprint density at radius 3 is 2.38 bits per heavy atom. The van der Waals surface area contributed by atoms with Crippen molar-refractivity contribution in [3.05, 3.63) is 42.0 Å². The minimum atomic E-state index is -1.21. The molecule has 2 amide bonds. The number of carboxylic acids is 1. The van der Waals surface area contributed by atoms with Crippen LogP contribution < -0.4 is 10.4 Å². The summed E-state index contributed by atoms with van der Waals surface area (Å²) in [5.41, 5.74) is 1.04. The van der Waals surface area contributed by atoms with E-state index in [0.717, 1.165) is 32.4 Å². The number of carbonyl (C=O) groups is 3. The minimum Gasteiger partial charge on any atom is -0.550 e. The maximum absolute atomic E-state index is 12.6. The normalized spacial score (nSPS) is 22.7. The van der Waals surface area contributed by atoms with Gasteiger partial charge in [-0.05, 0) is 50.3 Å². The zero-order valence-corrected chi connectivity index (χ0v) is 14.6. The number of hydrogen-bond donors (Lipinski definition) is 1. The highest BCUT2D eigenvalue weighted by Crippen LogP contribution is 2.27. The van der Waals surface area contributed by atoms with Crippen molar-refractivity contribution in [3.8, 4) is 0 Å². The fourth-order valence-corrected chi connectivity index (χ4v) is 3.61. The van der Waals surface area contributed by atoms with Crippen molar-refractivity contribution in [3.63, 3.8) is 0 Å². The van der Waals surface area contributed by atoms with E-state index in [1.165, 1.54) is 0 Å². The van der Waals surface area contributed by atoms with Gasteiger partial charge >= 0.3 is 0 Å². The summed E-state index contributed by atoms with van der Waals surface area (Å²) in [6, 6.07) is 6.82. The molecule has 1 aliphatic heterocycles. The molecule has 1 aromatic rings. The van der Waals surface area contributed by atoms with Crippen LogP contribution in [0.15, 0.2) is 36.4 Å². The SMILES string of the molecule is O=C([O-])[C@@H]1CC=CC[C@H]1C(=O)Nc1cccc(C(=O)N2CCCCC2)c1. The Morgan fingerprint density at radius 2 is 1.69 bits per heavy atom. The van der Waals surface area contributed by atoms with E-state index < -0.39 is 17.8 Å². The molecule has 1 aliphatic carbocycles. The van der Waals surface area contributed by atoms with Gasteiger partial charge in [0.15, 0.2) is 0 Å². The summed E-state index contributed by atoms with van der Waals surface area (Å²) in [5.74, 6) is -3.08. The first kappa shape index (κ1) is 18.2. The smallest absolute Gasteiger partial charge is 0.253 e. The van der Waals surface area contributed by atoms with Gasteiger partial charge < -0.3 is 20.1 Å². The van der Waals surface area contributed by atoms with Gasteiger partial charge in [-0.25, -0.2) is 0 Å². The maximum Gasteiger partial charge on any atom is 0.253 e. The van der Waals surface area contributed by atoms with Gasteiger partial charge in [0.1, 0.15) is 0 Å². The van der Waals surface area contributed by atoms with Crippen LogP contribution >= 0.6 is 0 Å². The van der Waals surface area contributed by atoms with E-state index in [1.54, 1.807) is 30.3 Å². The van der Waals surface area contributed by atoms with Gasteiger partial charge in [0.05, 0.1) is 5.92 Å². The molecule has 1 fully saturated rings. The van der Waals surface area contributed by atoms with Gasteiger partial charge in [0.25, 0.3) is 5.91 Å². The quantitative estimate of drug-likeness (QED) is 0.831. The number of nitrogens with zero attached hydrogens (tertiary/aromatic N) is 1. The Morgan fingerprint density at radius 1 is 1.00 bits per heavy atom. The van der Waals surface area contributed by atoms with Crippen LogP contribution in [-0.4, -0.2) is 35.8 Å². The van der Waals surface area contributed by atoms with Crippen LogP contribution in [0.2, 0.25) is 0 Å². The number of nitrogens with one attached hydrogen (secondary N) is 1. The van der Waals surface area contributed by atoms with Crippen LogP contribution in [0.3, 0.4) is 0 Å². The second-order valence-corrected chi connectivity index (χ2v) is 6.90. The zero-order valence-electron chi connectivity index (χ0n) is 14.6. The molecule has 6 nitrogen and oxygen atoms in total. The van der Waals surface area contributed by atoms with Gasteiger partial charge in [-0.1, -0.05) is 18.2 Å². The van der Waals surface area contributed by atoms with Crippen molar-refractivity contribution >= 4 is 23.5 Å². The summed E-state index contributed by atoms with van der Waals surface area (Å²) in [4.78, 5) is 38.2. The maximum atomic E-state index is 12.6. The Hall–Kier alpha value is -2.63. The highest BCUT2D eigenvalue weighted by Gasteiger charge is 2.30. The molecule has 26 heavy (non-hydrogen) atoms. The molecule has 1 aromatic carbocycles. The number of benzene rings is 1. The third-order valence-electron chi connectivity index (χ3n) is 5.09. The lowest BCUT2D eigenvalue weighted by Crippen LogP contribution is -2.41. The van der Waals surface area contributed by atoms with Crippen molar-refractivity contribution < 1.29 is 19.5 Å². The van der Waals surface area contributed by atoms with Gasteiger partial charge in [-0.2, -0.15) is 0 Å². The first-order valence-corrected chi connectivity index (χ1v) is 9.12. The van der Waals surface area contributed by atoms with Crippen LogP contribution in [0.5, 0.6) is 0 Å². The van der Waals surface area contributed by atoms with E-state index in [1.807, 2.05) is 11.0 Å². The second-order valence-electron chi connectivity index (χ2n) is 6.90. The molecule has 0 spiro atoms. The van der Waals surface area contributed by atoms with E-state index in [4.69, 9.17) is 0 Å². The molecule has 1 N–H and O–H groups in total. The standard InChI is InChI=1S/C20H24N2O4/c23-18(16-9-2-3-10-17(16)20(25)26)21-15-8-6-7-14(13-15)19(24)22-11-4-1-5-12-22/h2-3,6-8,13,16-17H,1,4-5,9-12H2,(H,21,23)(H,25,26)/p-1/t16-,17-/m1/s1. The predicted molar refractivity (Wildman–Crippen MR) is 95.2 cm³/mol. The minimum absolute atomic E-state index is 0.0333. The molecule has 3 rings (SSSR count). The summed E-state index contributed by atoms with van der Waals surface area (Å²) in [5, 5.41) is 14.0. The lowest BCUT2D eigenvalue weighted by Gasteiger charge is -2.28. The van der Waals surface area contributed by atoms with Crippen molar-refractivity contribution in [2.24, 2.45) is 11.8 Å². The van der Waals surface area contributed by atoms with Crippen LogP contribution in [0.1, 0.15) is 42.5 Å². The molecule has 6 heteroatoms. The van der Waals surface area contributed by atoms with Crippen LogP contribution in [0.25, 0.3) is 0 Å². The molecule has 1 saturated heterocycles. The van der Waals surface area contributed by atoms with Crippen molar-refractivity contribution in [2.45, 2.75) is 32.1 Å². The third kappa shape index (κ3) is 4.12. The van der Waals surface area contributed by atoms with E-state index in [-0.39, 0.29) is 11.8 Å². The van der Waals surface area contributed by atoms with Gasteiger partial charge in [-0.15, -0.1) is 0 Å². The fraction of sp³-hybridized carbons (Fsp3) is 0.450. The second kappa shape index (κ2) is 8.17. The number of amides is 2. The molecule has 0 saturated carbocycles. The first-order valence-electron chi connectivity index (χ1n) is 9.12. The molecule has 0 unspecified atom stereocenters. The van der Waals surface area contributed by atoms with Gasteiger partial charge in [0, 0.05) is 36.2 Å². The highest BCUT2D eigenvalue weighted by molar-refractivity contribution is 5.98.